The fourth-order valence-corrected chi connectivity index (χ4v) is 3.75. The molecule has 0 fully saturated rings. The van der Waals surface area contributed by atoms with Gasteiger partial charge in [0, 0.05) is 23.4 Å². The summed E-state index contributed by atoms with van der Waals surface area (Å²) in [5.41, 5.74) is 3.54. The summed E-state index contributed by atoms with van der Waals surface area (Å²) in [4.78, 5) is 5.64. The van der Waals surface area contributed by atoms with Gasteiger partial charge in [-0.3, -0.25) is 0 Å². The second-order valence-electron chi connectivity index (χ2n) is 4.69. The second kappa shape index (κ2) is 7.20. The second-order valence-corrected chi connectivity index (χ2v) is 6.92. The maximum Gasteiger partial charge on any atom is 0.167 e. The van der Waals surface area contributed by atoms with E-state index in [1.165, 1.54) is 16.0 Å². The predicted molar refractivity (Wildman–Crippen MR) is 86.5 cm³/mol. The van der Waals surface area contributed by atoms with E-state index in [4.69, 9.17) is 5.11 Å². The van der Waals surface area contributed by atoms with E-state index < -0.39 is 0 Å². The zero-order valence-electron chi connectivity index (χ0n) is 12.1. The molecule has 0 spiro atoms. The normalized spacial score (nSPS) is 11.0. The van der Waals surface area contributed by atoms with Gasteiger partial charge in [0.05, 0.1) is 18.5 Å². The maximum atomic E-state index is 9.13. The number of rotatable bonds is 6. The number of nitrogens with zero attached hydrogens (tertiary/aromatic N) is 2. The molecule has 0 radical (unpaired) electrons. The van der Waals surface area contributed by atoms with Crippen molar-refractivity contribution in [1.29, 1.82) is 0 Å². The van der Waals surface area contributed by atoms with Crippen molar-refractivity contribution < 1.29 is 5.11 Å². The Bertz CT molecular complexity index is 581. The molecule has 1 heterocycles. The van der Waals surface area contributed by atoms with Crippen molar-refractivity contribution in [2.45, 2.75) is 30.5 Å². The highest BCUT2D eigenvalue weighted by molar-refractivity contribution is 8.02. The third kappa shape index (κ3) is 3.81. The van der Waals surface area contributed by atoms with Crippen LogP contribution < -0.4 is 0 Å². The van der Waals surface area contributed by atoms with Crippen LogP contribution in [0.25, 0.3) is 0 Å². The smallest absolute Gasteiger partial charge is 0.167 e. The molecule has 2 rings (SSSR count). The first-order valence-electron chi connectivity index (χ1n) is 6.56. The minimum absolute atomic E-state index is 0.0431. The minimum Gasteiger partial charge on any atom is -0.390 e. The highest BCUT2D eigenvalue weighted by Crippen LogP contribution is 2.24. The first kappa shape index (κ1) is 15.5. The SMILES string of the molecule is Cc1ccc(SCCSc2ncc(CO)n2C)cc1C. The molecule has 1 aromatic heterocycles. The summed E-state index contributed by atoms with van der Waals surface area (Å²) in [5.74, 6) is 2.06. The van der Waals surface area contributed by atoms with Crippen LogP contribution in [0.3, 0.4) is 0 Å². The summed E-state index contributed by atoms with van der Waals surface area (Å²) in [5, 5.41) is 10.1. The summed E-state index contributed by atoms with van der Waals surface area (Å²) in [6.45, 7) is 4.33. The van der Waals surface area contributed by atoms with Crippen LogP contribution in [-0.2, 0) is 13.7 Å². The molecule has 0 aliphatic heterocycles. The van der Waals surface area contributed by atoms with Gasteiger partial charge in [-0.05, 0) is 37.1 Å². The van der Waals surface area contributed by atoms with Gasteiger partial charge in [-0.2, -0.15) is 0 Å². The molecule has 0 saturated carbocycles. The number of imidazole rings is 1. The van der Waals surface area contributed by atoms with E-state index >= 15 is 0 Å². The predicted octanol–water partition coefficient (Wildman–Crippen LogP) is 3.41. The molecular formula is C15H20N2OS2. The molecule has 0 bridgehead atoms. The standard InChI is InChI=1S/C15H20N2OS2/c1-11-4-5-14(8-12(11)2)19-6-7-20-15-16-9-13(10-18)17(15)3/h4-5,8-9,18H,6-7,10H2,1-3H3. The maximum absolute atomic E-state index is 9.13. The van der Waals surface area contributed by atoms with Crippen LogP contribution >= 0.6 is 23.5 Å². The van der Waals surface area contributed by atoms with Crippen molar-refractivity contribution >= 4 is 23.5 Å². The highest BCUT2D eigenvalue weighted by Gasteiger charge is 2.06. The largest absolute Gasteiger partial charge is 0.390 e. The van der Waals surface area contributed by atoms with Crippen LogP contribution in [0.4, 0.5) is 0 Å². The molecule has 1 N–H and O–H groups in total. The van der Waals surface area contributed by atoms with E-state index in [1.807, 2.05) is 23.4 Å². The molecule has 0 amide bonds. The van der Waals surface area contributed by atoms with E-state index in [-0.39, 0.29) is 6.61 Å². The lowest BCUT2D eigenvalue weighted by molar-refractivity contribution is 0.271. The van der Waals surface area contributed by atoms with Gasteiger partial charge in [0.25, 0.3) is 0 Å². The van der Waals surface area contributed by atoms with Crippen molar-refractivity contribution in [3.8, 4) is 0 Å². The lowest BCUT2D eigenvalue weighted by Gasteiger charge is -2.06. The lowest BCUT2D eigenvalue weighted by Crippen LogP contribution is -1.98. The van der Waals surface area contributed by atoms with Crippen LogP contribution in [0.1, 0.15) is 16.8 Å². The molecule has 0 aliphatic rings. The Morgan fingerprint density at radius 2 is 1.90 bits per heavy atom. The van der Waals surface area contributed by atoms with Crippen molar-refractivity contribution in [3.63, 3.8) is 0 Å². The van der Waals surface area contributed by atoms with Crippen LogP contribution in [0, 0.1) is 13.8 Å². The number of benzene rings is 1. The van der Waals surface area contributed by atoms with E-state index in [1.54, 1.807) is 18.0 Å². The zero-order valence-corrected chi connectivity index (χ0v) is 13.7. The topological polar surface area (TPSA) is 38.1 Å². The lowest BCUT2D eigenvalue weighted by atomic mass is 10.1. The number of aliphatic hydroxyl groups excluding tert-OH is 1. The van der Waals surface area contributed by atoms with Gasteiger partial charge >= 0.3 is 0 Å². The van der Waals surface area contributed by atoms with Gasteiger partial charge in [0.15, 0.2) is 5.16 Å². The number of hydrogen-bond donors (Lipinski definition) is 1. The third-order valence-electron chi connectivity index (χ3n) is 3.27. The molecule has 3 nitrogen and oxygen atoms in total. The average Bonchev–Trinajstić information content (AvgIpc) is 2.79. The highest BCUT2D eigenvalue weighted by atomic mass is 32.2. The van der Waals surface area contributed by atoms with Crippen LogP contribution in [0.2, 0.25) is 0 Å². The molecule has 5 heteroatoms. The first-order chi connectivity index (χ1) is 9.61. The molecule has 1 aromatic carbocycles. The Kier molecular flexibility index (Phi) is 5.57. The molecule has 0 unspecified atom stereocenters. The van der Waals surface area contributed by atoms with E-state index in [0.29, 0.717) is 0 Å². The Morgan fingerprint density at radius 3 is 2.55 bits per heavy atom. The van der Waals surface area contributed by atoms with E-state index in [9.17, 15) is 0 Å². The van der Waals surface area contributed by atoms with Gasteiger partial charge in [0.1, 0.15) is 0 Å². The summed E-state index contributed by atoms with van der Waals surface area (Å²) < 4.78 is 1.95. The molecule has 20 heavy (non-hydrogen) atoms. The first-order valence-corrected chi connectivity index (χ1v) is 8.53. The van der Waals surface area contributed by atoms with Gasteiger partial charge in [-0.15, -0.1) is 11.8 Å². The van der Waals surface area contributed by atoms with Crippen molar-refractivity contribution in [2.24, 2.45) is 7.05 Å². The minimum atomic E-state index is 0.0431. The zero-order chi connectivity index (χ0) is 14.5. The summed E-state index contributed by atoms with van der Waals surface area (Å²) >= 11 is 3.60. The van der Waals surface area contributed by atoms with Crippen LogP contribution in [-0.4, -0.2) is 26.2 Å². The van der Waals surface area contributed by atoms with E-state index in [0.717, 1.165) is 22.4 Å². The molecule has 108 valence electrons. The number of aliphatic hydroxyl groups is 1. The molecule has 0 aliphatic carbocycles. The molecule has 0 saturated heterocycles. The Hall–Kier alpha value is -0.910. The van der Waals surface area contributed by atoms with Gasteiger partial charge in [-0.25, -0.2) is 4.98 Å². The Labute approximate surface area is 128 Å². The number of thioether (sulfide) groups is 2. The summed E-state index contributed by atoms with van der Waals surface area (Å²) in [7, 11) is 1.94. The van der Waals surface area contributed by atoms with Crippen LogP contribution in [0.15, 0.2) is 34.4 Å². The summed E-state index contributed by atoms with van der Waals surface area (Å²) in [6, 6.07) is 6.61. The monoisotopic (exact) mass is 308 g/mol. The molecule has 2 aromatic rings. The van der Waals surface area contributed by atoms with Gasteiger partial charge < -0.3 is 9.67 Å². The van der Waals surface area contributed by atoms with E-state index in [2.05, 4.69) is 37.0 Å². The summed E-state index contributed by atoms with van der Waals surface area (Å²) in [6.07, 6.45) is 1.73. The Morgan fingerprint density at radius 1 is 1.15 bits per heavy atom. The van der Waals surface area contributed by atoms with Crippen molar-refractivity contribution in [3.05, 3.63) is 41.2 Å². The number of aryl methyl sites for hydroxylation is 2. The van der Waals surface area contributed by atoms with Crippen LogP contribution in [0.5, 0.6) is 0 Å². The fourth-order valence-electron chi connectivity index (χ4n) is 1.80. The Balaban J connectivity index is 1.81. The third-order valence-corrected chi connectivity index (χ3v) is 5.57. The van der Waals surface area contributed by atoms with Gasteiger partial charge in [0.2, 0.25) is 0 Å². The van der Waals surface area contributed by atoms with Crippen molar-refractivity contribution in [2.75, 3.05) is 11.5 Å². The number of aromatic nitrogens is 2. The molecule has 0 atom stereocenters. The fraction of sp³-hybridized carbons (Fsp3) is 0.400. The quantitative estimate of drug-likeness (QED) is 0.655. The van der Waals surface area contributed by atoms with Crippen molar-refractivity contribution in [1.82, 2.24) is 9.55 Å². The average molecular weight is 308 g/mol. The number of hydrogen-bond acceptors (Lipinski definition) is 4. The molecular weight excluding hydrogens is 288 g/mol. The van der Waals surface area contributed by atoms with Gasteiger partial charge in [-0.1, -0.05) is 17.8 Å².